The normalized spacial score (nSPS) is 10.9. The van der Waals surface area contributed by atoms with E-state index in [4.69, 9.17) is 4.98 Å². The Morgan fingerprint density at radius 1 is 0.897 bits per heavy atom. The Bertz CT molecular complexity index is 1230. The van der Waals surface area contributed by atoms with Crippen LogP contribution in [0.2, 0.25) is 0 Å². The first-order valence-electron chi connectivity index (χ1n) is 9.47. The van der Waals surface area contributed by atoms with Crippen LogP contribution < -0.4 is 5.32 Å². The van der Waals surface area contributed by atoms with E-state index in [9.17, 15) is 4.79 Å². The molecule has 144 valence electrons. The van der Waals surface area contributed by atoms with Crippen molar-refractivity contribution in [3.05, 3.63) is 93.5 Å². The molecular formula is C25H21BrN2O. The molecule has 0 bridgehead atoms. The molecule has 0 radical (unpaired) electrons. The van der Waals surface area contributed by atoms with Gasteiger partial charge in [0.1, 0.15) is 0 Å². The van der Waals surface area contributed by atoms with Crippen molar-refractivity contribution in [3.63, 3.8) is 0 Å². The number of fused-ring (bicyclic) bond motifs is 1. The molecule has 0 aliphatic carbocycles. The van der Waals surface area contributed by atoms with Crippen molar-refractivity contribution >= 4 is 38.4 Å². The Hall–Kier alpha value is -2.98. The number of anilines is 1. The molecule has 1 aromatic heterocycles. The number of aryl methyl sites for hydroxylation is 3. The standard InChI is InChI=1S/C25H21BrN2O/c1-15-9-10-16(2)22(11-15)28-25(29)21-14-23(18-7-5-4-6-8-18)27-24-17(3)12-19(26)13-20(21)24/h4-14H,1-3H3,(H,28,29). The molecule has 1 amide bonds. The molecule has 0 unspecified atom stereocenters. The van der Waals surface area contributed by atoms with E-state index in [0.29, 0.717) is 5.56 Å². The van der Waals surface area contributed by atoms with Crippen LogP contribution in [-0.2, 0) is 0 Å². The molecular weight excluding hydrogens is 424 g/mol. The van der Waals surface area contributed by atoms with Gasteiger partial charge in [0.15, 0.2) is 0 Å². The van der Waals surface area contributed by atoms with Crippen molar-refractivity contribution < 1.29 is 4.79 Å². The second-order valence-electron chi connectivity index (χ2n) is 7.31. The predicted molar refractivity (Wildman–Crippen MR) is 123 cm³/mol. The van der Waals surface area contributed by atoms with E-state index < -0.39 is 0 Å². The molecule has 0 saturated heterocycles. The van der Waals surface area contributed by atoms with Crippen LogP contribution in [-0.4, -0.2) is 10.9 Å². The summed E-state index contributed by atoms with van der Waals surface area (Å²) >= 11 is 3.56. The number of aromatic nitrogens is 1. The summed E-state index contributed by atoms with van der Waals surface area (Å²) < 4.78 is 0.928. The molecule has 0 atom stereocenters. The number of nitrogens with one attached hydrogen (secondary N) is 1. The van der Waals surface area contributed by atoms with Gasteiger partial charge in [0, 0.05) is 21.1 Å². The molecule has 0 fully saturated rings. The van der Waals surface area contributed by atoms with E-state index in [1.807, 2.05) is 87.5 Å². The molecule has 1 N–H and O–H groups in total. The molecule has 0 aliphatic heterocycles. The van der Waals surface area contributed by atoms with E-state index in [-0.39, 0.29) is 5.91 Å². The number of nitrogens with zero attached hydrogens (tertiary/aromatic N) is 1. The average Bonchev–Trinajstić information content (AvgIpc) is 2.70. The number of carbonyl (C=O) groups is 1. The first kappa shape index (κ1) is 19.3. The Morgan fingerprint density at radius 2 is 1.66 bits per heavy atom. The van der Waals surface area contributed by atoms with E-state index in [0.717, 1.165) is 49.0 Å². The SMILES string of the molecule is Cc1ccc(C)c(NC(=O)c2cc(-c3ccccc3)nc3c(C)cc(Br)cc23)c1. The molecule has 4 rings (SSSR count). The minimum atomic E-state index is -0.138. The number of rotatable bonds is 3. The summed E-state index contributed by atoms with van der Waals surface area (Å²) in [5.41, 5.74) is 7.20. The molecule has 29 heavy (non-hydrogen) atoms. The third-order valence-corrected chi connectivity index (χ3v) is 5.48. The monoisotopic (exact) mass is 444 g/mol. The van der Waals surface area contributed by atoms with Crippen LogP contribution in [0.4, 0.5) is 5.69 Å². The lowest BCUT2D eigenvalue weighted by Crippen LogP contribution is -2.14. The lowest BCUT2D eigenvalue weighted by molar-refractivity contribution is 0.102. The Labute approximate surface area is 178 Å². The minimum absolute atomic E-state index is 0.138. The van der Waals surface area contributed by atoms with Crippen molar-refractivity contribution in [1.29, 1.82) is 0 Å². The van der Waals surface area contributed by atoms with Gasteiger partial charge >= 0.3 is 0 Å². The Morgan fingerprint density at radius 3 is 2.41 bits per heavy atom. The van der Waals surface area contributed by atoms with Gasteiger partial charge < -0.3 is 5.32 Å². The topological polar surface area (TPSA) is 42.0 Å². The van der Waals surface area contributed by atoms with E-state index >= 15 is 0 Å². The number of benzene rings is 3. The summed E-state index contributed by atoms with van der Waals surface area (Å²) in [5, 5.41) is 3.93. The Kier molecular flexibility index (Phi) is 5.20. The molecule has 4 aromatic rings. The summed E-state index contributed by atoms with van der Waals surface area (Å²) in [6, 6.07) is 21.9. The van der Waals surface area contributed by atoms with Crippen molar-refractivity contribution in [3.8, 4) is 11.3 Å². The number of hydrogen-bond acceptors (Lipinski definition) is 2. The maximum atomic E-state index is 13.3. The van der Waals surface area contributed by atoms with Gasteiger partial charge in [-0.2, -0.15) is 0 Å². The Balaban J connectivity index is 1.89. The van der Waals surface area contributed by atoms with Gasteiger partial charge in [-0.25, -0.2) is 4.98 Å². The van der Waals surface area contributed by atoms with Crippen LogP contribution in [0.1, 0.15) is 27.0 Å². The van der Waals surface area contributed by atoms with Gasteiger partial charge in [-0.15, -0.1) is 0 Å². The molecule has 0 saturated carbocycles. The average molecular weight is 445 g/mol. The first-order valence-corrected chi connectivity index (χ1v) is 10.3. The number of amides is 1. The molecule has 4 heteroatoms. The van der Waals surface area contributed by atoms with E-state index in [2.05, 4.69) is 21.2 Å². The summed E-state index contributed by atoms with van der Waals surface area (Å²) in [6.07, 6.45) is 0. The second-order valence-corrected chi connectivity index (χ2v) is 8.23. The fraction of sp³-hybridized carbons (Fsp3) is 0.120. The first-order chi connectivity index (χ1) is 13.9. The molecule has 3 aromatic carbocycles. The lowest BCUT2D eigenvalue weighted by Gasteiger charge is -2.14. The van der Waals surface area contributed by atoms with Crippen molar-refractivity contribution in [2.24, 2.45) is 0 Å². The van der Waals surface area contributed by atoms with Gasteiger partial charge in [-0.1, -0.05) is 58.4 Å². The van der Waals surface area contributed by atoms with Gasteiger partial charge in [0.05, 0.1) is 16.8 Å². The summed E-state index contributed by atoms with van der Waals surface area (Å²) in [4.78, 5) is 18.2. The number of hydrogen-bond donors (Lipinski definition) is 1. The minimum Gasteiger partial charge on any atom is -0.322 e. The molecule has 1 heterocycles. The molecule has 0 aliphatic rings. The van der Waals surface area contributed by atoms with Crippen LogP contribution in [0.5, 0.6) is 0 Å². The fourth-order valence-corrected chi connectivity index (χ4v) is 4.03. The van der Waals surface area contributed by atoms with Gasteiger partial charge in [-0.05, 0) is 61.7 Å². The van der Waals surface area contributed by atoms with Gasteiger partial charge in [0.2, 0.25) is 0 Å². The summed E-state index contributed by atoms with van der Waals surface area (Å²) in [7, 11) is 0. The van der Waals surface area contributed by atoms with Crippen LogP contribution in [0, 0.1) is 20.8 Å². The largest absolute Gasteiger partial charge is 0.322 e. The quantitative estimate of drug-likeness (QED) is 0.375. The predicted octanol–water partition coefficient (Wildman–Crippen LogP) is 6.84. The van der Waals surface area contributed by atoms with Crippen LogP contribution >= 0.6 is 15.9 Å². The third-order valence-electron chi connectivity index (χ3n) is 5.02. The fourth-order valence-electron chi connectivity index (χ4n) is 3.46. The van der Waals surface area contributed by atoms with Crippen LogP contribution in [0.25, 0.3) is 22.2 Å². The zero-order valence-electron chi connectivity index (χ0n) is 16.6. The number of halogens is 1. The summed E-state index contributed by atoms with van der Waals surface area (Å²) in [5.74, 6) is -0.138. The maximum absolute atomic E-state index is 13.3. The van der Waals surface area contributed by atoms with Crippen molar-refractivity contribution in [2.45, 2.75) is 20.8 Å². The number of pyridine rings is 1. The highest BCUT2D eigenvalue weighted by atomic mass is 79.9. The highest BCUT2D eigenvalue weighted by Gasteiger charge is 2.17. The van der Waals surface area contributed by atoms with Gasteiger partial charge in [0.25, 0.3) is 5.91 Å². The van der Waals surface area contributed by atoms with E-state index in [1.165, 1.54) is 0 Å². The zero-order chi connectivity index (χ0) is 20.5. The highest BCUT2D eigenvalue weighted by molar-refractivity contribution is 9.10. The van der Waals surface area contributed by atoms with Crippen molar-refractivity contribution in [1.82, 2.24) is 4.98 Å². The smallest absolute Gasteiger partial charge is 0.256 e. The van der Waals surface area contributed by atoms with E-state index in [1.54, 1.807) is 0 Å². The van der Waals surface area contributed by atoms with Crippen LogP contribution in [0.15, 0.2) is 71.2 Å². The molecule has 0 spiro atoms. The maximum Gasteiger partial charge on any atom is 0.256 e. The van der Waals surface area contributed by atoms with Gasteiger partial charge in [-0.3, -0.25) is 4.79 Å². The van der Waals surface area contributed by atoms with Crippen LogP contribution in [0.3, 0.4) is 0 Å². The third kappa shape index (κ3) is 3.94. The highest BCUT2D eigenvalue weighted by Crippen LogP contribution is 2.30. The van der Waals surface area contributed by atoms with Crippen molar-refractivity contribution in [2.75, 3.05) is 5.32 Å². The summed E-state index contributed by atoms with van der Waals surface area (Å²) in [6.45, 7) is 6.03. The lowest BCUT2D eigenvalue weighted by atomic mass is 10.0. The molecule has 3 nitrogen and oxygen atoms in total. The number of carbonyl (C=O) groups excluding carboxylic acids is 1. The second kappa shape index (κ2) is 7.80. The zero-order valence-corrected chi connectivity index (χ0v) is 18.2.